The SMILES string of the molecule is CCCCCCCCCCCCC=CNC(=O)C(O)[C@H]1OC(=O)[C@@H](O)[C@H]1O. The molecular formula is C20H35NO6. The lowest BCUT2D eigenvalue weighted by atomic mass is 10.1. The third-order valence-corrected chi connectivity index (χ3v) is 4.80. The molecule has 1 amide bonds. The van der Waals surface area contributed by atoms with E-state index in [4.69, 9.17) is 0 Å². The van der Waals surface area contributed by atoms with Gasteiger partial charge in [0.1, 0.15) is 6.10 Å². The molecule has 1 unspecified atom stereocenters. The molecule has 1 aliphatic heterocycles. The van der Waals surface area contributed by atoms with Crippen LogP contribution in [0.1, 0.15) is 77.6 Å². The van der Waals surface area contributed by atoms with Gasteiger partial charge >= 0.3 is 5.97 Å². The van der Waals surface area contributed by atoms with Crippen molar-refractivity contribution in [2.75, 3.05) is 0 Å². The van der Waals surface area contributed by atoms with Gasteiger partial charge in [-0.25, -0.2) is 4.79 Å². The van der Waals surface area contributed by atoms with Gasteiger partial charge in [0.25, 0.3) is 5.91 Å². The van der Waals surface area contributed by atoms with E-state index in [1.165, 1.54) is 57.6 Å². The van der Waals surface area contributed by atoms with Crippen molar-refractivity contribution in [3.05, 3.63) is 12.3 Å². The second kappa shape index (κ2) is 13.7. The Labute approximate surface area is 161 Å². The van der Waals surface area contributed by atoms with Crippen LogP contribution in [0, 0.1) is 0 Å². The summed E-state index contributed by atoms with van der Waals surface area (Å²) in [7, 11) is 0. The van der Waals surface area contributed by atoms with Gasteiger partial charge in [-0.15, -0.1) is 0 Å². The summed E-state index contributed by atoms with van der Waals surface area (Å²) in [6, 6.07) is 0. The Morgan fingerprint density at radius 3 is 2.15 bits per heavy atom. The van der Waals surface area contributed by atoms with Crippen molar-refractivity contribution in [3.8, 4) is 0 Å². The molecule has 1 heterocycles. The van der Waals surface area contributed by atoms with Gasteiger partial charge in [-0.1, -0.05) is 70.8 Å². The standard InChI is InChI=1S/C20H35NO6/c1-2-3-4-5-6-7-8-9-10-11-12-13-14-21-19(25)17(24)18-15(22)16(23)20(26)27-18/h13-18,22-24H,2-12H2,1H3,(H,21,25)/t15-,16+,17?,18+/m1/s1. The topological polar surface area (TPSA) is 116 Å². The van der Waals surface area contributed by atoms with E-state index in [1.807, 2.05) is 0 Å². The second-order valence-corrected chi connectivity index (χ2v) is 7.16. The Morgan fingerprint density at radius 1 is 1.07 bits per heavy atom. The summed E-state index contributed by atoms with van der Waals surface area (Å²) in [6.45, 7) is 2.23. The minimum Gasteiger partial charge on any atom is -0.454 e. The highest BCUT2D eigenvalue weighted by atomic mass is 16.6. The van der Waals surface area contributed by atoms with E-state index < -0.39 is 36.3 Å². The molecule has 1 saturated heterocycles. The van der Waals surface area contributed by atoms with Crippen LogP contribution in [-0.4, -0.2) is 51.6 Å². The maximum atomic E-state index is 11.8. The molecule has 1 aliphatic rings. The first-order chi connectivity index (χ1) is 13.0. The third kappa shape index (κ3) is 8.86. The maximum absolute atomic E-state index is 11.8. The molecule has 0 radical (unpaired) electrons. The molecular weight excluding hydrogens is 350 g/mol. The zero-order valence-electron chi connectivity index (χ0n) is 16.3. The molecule has 0 aromatic rings. The van der Waals surface area contributed by atoms with Crippen molar-refractivity contribution in [2.45, 2.75) is 102 Å². The number of aliphatic hydroxyl groups is 3. The summed E-state index contributed by atoms with van der Waals surface area (Å²) in [5.41, 5.74) is 0. The summed E-state index contributed by atoms with van der Waals surface area (Å²) in [5, 5.41) is 31.1. The lowest BCUT2D eigenvalue weighted by molar-refractivity contribution is -0.153. The lowest BCUT2D eigenvalue weighted by Gasteiger charge is -2.18. The number of allylic oxidation sites excluding steroid dienone is 1. The first kappa shape index (κ1) is 23.6. The molecule has 4 N–H and O–H groups in total. The molecule has 0 saturated carbocycles. The first-order valence-corrected chi connectivity index (χ1v) is 10.2. The number of esters is 1. The van der Waals surface area contributed by atoms with E-state index >= 15 is 0 Å². The Morgan fingerprint density at radius 2 is 1.63 bits per heavy atom. The summed E-state index contributed by atoms with van der Waals surface area (Å²) < 4.78 is 4.61. The van der Waals surface area contributed by atoms with Crippen LogP contribution in [0.15, 0.2) is 12.3 Å². The fraction of sp³-hybridized carbons (Fsp3) is 0.800. The molecule has 1 rings (SSSR count). The summed E-state index contributed by atoms with van der Waals surface area (Å²) in [5.74, 6) is -1.84. The molecule has 156 valence electrons. The minimum absolute atomic E-state index is 0.791. The van der Waals surface area contributed by atoms with E-state index in [0.29, 0.717) is 0 Å². The number of aliphatic hydroxyl groups excluding tert-OH is 3. The smallest absolute Gasteiger partial charge is 0.338 e. The van der Waals surface area contributed by atoms with Gasteiger partial charge in [0.2, 0.25) is 0 Å². The summed E-state index contributed by atoms with van der Waals surface area (Å²) in [4.78, 5) is 22.9. The fourth-order valence-electron chi connectivity index (χ4n) is 3.05. The van der Waals surface area contributed by atoms with Crippen LogP contribution >= 0.6 is 0 Å². The Kier molecular flexibility index (Phi) is 12.0. The molecule has 7 nitrogen and oxygen atoms in total. The van der Waals surface area contributed by atoms with Gasteiger partial charge in [0, 0.05) is 0 Å². The van der Waals surface area contributed by atoms with Gasteiger partial charge in [-0.05, 0) is 19.0 Å². The predicted molar refractivity (Wildman–Crippen MR) is 102 cm³/mol. The van der Waals surface area contributed by atoms with Crippen molar-refractivity contribution < 1.29 is 29.6 Å². The van der Waals surface area contributed by atoms with Crippen molar-refractivity contribution in [2.24, 2.45) is 0 Å². The molecule has 0 aliphatic carbocycles. The van der Waals surface area contributed by atoms with Crippen molar-refractivity contribution in [1.29, 1.82) is 0 Å². The van der Waals surface area contributed by atoms with E-state index in [0.717, 1.165) is 19.3 Å². The van der Waals surface area contributed by atoms with E-state index in [1.54, 1.807) is 6.08 Å². The number of carbonyl (C=O) groups is 2. The monoisotopic (exact) mass is 385 g/mol. The molecule has 0 spiro atoms. The molecule has 0 aromatic carbocycles. The average Bonchev–Trinajstić information content (AvgIpc) is 2.92. The van der Waals surface area contributed by atoms with Gasteiger partial charge < -0.3 is 25.4 Å². The van der Waals surface area contributed by atoms with Gasteiger partial charge in [0.05, 0.1) is 0 Å². The molecule has 0 aromatic heterocycles. The van der Waals surface area contributed by atoms with Crippen LogP contribution in [0.25, 0.3) is 0 Å². The number of hydrogen-bond donors (Lipinski definition) is 4. The van der Waals surface area contributed by atoms with Crippen LogP contribution in [0.5, 0.6) is 0 Å². The largest absolute Gasteiger partial charge is 0.454 e. The second-order valence-electron chi connectivity index (χ2n) is 7.16. The number of rotatable bonds is 14. The number of ether oxygens (including phenoxy) is 1. The van der Waals surface area contributed by atoms with Gasteiger partial charge in [-0.2, -0.15) is 0 Å². The zero-order valence-corrected chi connectivity index (χ0v) is 16.3. The van der Waals surface area contributed by atoms with Crippen molar-refractivity contribution in [3.63, 3.8) is 0 Å². The highest BCUT2D eigenvalue weighted by Crippen LogP contribution is 2.19. The fourth-order valence-corrected chi connectivity index (χ4v) is 3.05. The number of amides is 1. The summed E-state index contributed by atoms with van der Waals surface area (Å²) in [6.07, 6.45) is 10.2. The normalized spacial score (nSPS) is 23.6. The molecule has 1 fully saturated rings. The maximum Gasteiger partial charge on any atom is 0.338 e. The number of unbranched alkanes of at least 4 members (excludes halogenated alkanes) is 10. The number of nitrogens with one attached hydrogen (secondary N) is 1. The number of cyclic esters (lactones) is 1. The first-order valence-electron chi connectivity index (χ1n) is 10.2. The highest BCUT2D eigenvalue weighted by Gasteiger charge is 2.48. The molecule has 27 heavy (non-hydrogen) atoms. The van der Waals surface area contributed by atoms with Crippen LogP contribution < -0.4 is 5.32 Å². The number of carbonyl (C=O) groups excluding carboxylic acids is 2. The van der Waals surface area contributed by atoms with Crippen LogP contribution in [0.2, 0.25) is 0 Å². The molecule has 0 bridgehead atoms. The average molecular weight is 386 g/mol. The predicted octanol–water partition coefficient (Wildman–Crippen LogP) is 1.94. The Bertz CT molecular complexity index is 467. The Hall–Kier alpha value is -1.44. The highest BCUT2D eigenvalue weighted by molar-refractivity contribution is 5.84. The van der Waals surface area contributed by atoms with E-state index in [9.17, 15) is 24.9 Å². The zero-order chi connectivity index (χ0) is 20.1. The van der Waals surface area contributed by atoms with Gasteiger partial charge in [0.15, 0.2) is 18.3 Å². The molecule has 7 heteroatoms. The minimum atomic E-state index is -1.73. The van der Waals surface area contributed by atoms with Gasteiger partial charge in [-0.3, -0.25) is 4.79 Å². The quantitative estimate of drug-likeness (QED) is 0.268. The summed E-state index contributed by atoms with van der Waals surface area (Å²) >= 11 is 0. The Balaban J connectivity index is 2.03. The lowest BCUT2D eigenvalue weighted by Crippen LogP contribution is -2.46. The van der Waals surface area contributed by atoms with E-state index in [-0.39, 0.29) is 0 Å². The number of hydrogen-bond acceptors (Lipinski definition) is 6. The van der Waals surface area contributed by atoms with Crippen molar-refractivity contribution in [1.82, 2.24) is 5.32 Å². The van der Waals surface area contributed by atoms with Crippen LogP contribution in [0.3, 0.4) is 0 Å². The molecule has 4 atom stereocenters. The third-order valence-electron chi connectivity index (χ3n) is 4.80. The van der Waals surface area contributed by atoms with Crippen LogP contribution in [-0.2, 0) is 14.3 Å². The van der Waals surface area contributed by atoms with E-state index in [2.05, 4.69) is 17.0 Å². The van der Waals surface area contributed by atoms with Crippen molar-refractivity contribution >= 4 is 11.9 Å². The van der Waals surface area contributed by atoms with Crippen LogP contribution in [0.4, 0.5) is 0 Å².